The molecule has 0 bridgehead atoms. The van der Waals surface area contributed by atoms with Crippen molar-refractivity contribution in [3.8, 4) is 0 Å². The number of carboxylic acid groups (broad SMARTS) is 1. The number of aromatic amines is 1. The number of carboxylic acids is 1. The summed E-state index contributed by atoms with van der Waals surface area (Å²) in [6, 6.07) is 1.14. The minimum absolute atomic E-state index is 0.0552. The van der Waals surface area contributed by atoms with Gasteiger partial charge < -0.3 is 14.7 Å². The van der Waals surface area contributed by atoms with E-state index in [1.807, 2.05) is 0 Å². The summed E-state index contributed by atoms with van der Waals surface area (Å²) in [6.45, 7) is 0.250. The third-order valence-corrected chi connectivity index (χ3v) is 4.37. The van der Waals surface area contributed by atoms with Crippen molar-refractivity contribution in [3.05, 3.63) is 36.2 Å². The Morgan fingerprint density at radius 3 is 2.86 bits per heavy atom. The van der Waals surface area contributed by atoms with Crippen LogP contribution in [0.3, 0.4) is 0 Å². The molecule has 8 nitrogen and oxygen atoms in total. The predicted octanol–water partition coefficient (Wildman–Crippen LogP) is 0.357. The number of aryl methyl sites for hydroxylation is 2. The number of H-pyrrole nitrogens is 1. The minimum atomic E-state index is -3.70. The fourth-order valence-corrected chi connectivity index (χ4v) is 3.02. The largest absolute Gasteiger partial charge is 0.477 e. The summed E-state index contributed by atoms with van der Waals surface area (Å²) in [6.07, 6.45) is 5.84. The maximum atomic E-state index is 12.0. The number of nitrogens with zero attached hydrogens (tertiary/aromatic N) is 2. The Labute approximate surface area is 121 Å². The molecule has 9 heteroatoms. The molecule has 0 spiro atoms. The van der Waals surface area contributed by atoms with Gasteiger partial charge in [-0.3, -0.25) is 0 Å². The maximum Gasteiger partial charge on any atom is 0.352 e. The van der Waals surface area contributed by atoms with Crippen LogP contribution < -0.4 is 4.72 Å². The number of aromatic carboxylic acids is 1. The molecule has 0 radical (unpaired) electrons. The number of hydrogen-bond donors (Lipinski definition) is 3. The summed E-state index contributed by atoms with van der Waals surface area (Å²) in [4.78, 5) is 17.8. The molecular weight excluding hydrogens is 296 g/mol. The van der Waals surface area contributed by atoms with Gasteiger partial charge in [-0.1, -0.05) is 0 Å². The first-order valence-electron chi connectivity index (χ1n) is 6.28. The molecule has 2 heterocycles. The van der Waals surface area contributed by atoms with Crippen LogP contribution in [-0.4, -0.2) is 40.6 Å². The Morgan fingerprint density at radius 2 is 2.29 bits per heavy atom. The molecule has 3 N–H and O–H groups in total. The second-order valence-corrected chi connectivity index (χ2v) is 6.28. The summed E-state index contributed by atoms with van der Waals surface area (Å²) in [5.41, 5.74) is -0.0778. The van der Waals surface area contributed by atoms with E-state index in [-0.39, 0.29) is 17.1 Å². The topological polar surface area (TPSA) is 117 Å². The van der Waals surface area contributed by atoms with Crippen LogP contribution in [0.1, 0.15) is 22.7 Å². The fourth-order valence-electron chi connectivity index (χ4n) is 1.87. The van der Waals surface area contributed by atoms with Gasteiger partial charge >= 0.3 is 5.97 Å². The molecule has 114 valence electrons. The molecule has 0 saturated carbocycles. The summed E-state index contributed by atoms with van der Waals surface area (Å²) >= 11 is 0. The maximum absolute atomic E-state index is 12.0. The summed E-state index contributed by atoms with van der Waals surface area (Å²) in [7, 11) is -2.22. The van der Waals surface area contributed by atoms with Gasteiger partial charge in [0.2, 0.25) is 10.0 Å². The van der Waals surface area contributed by atoms with Crippen molar-refractivity contribution in [2.75, 3.05) is 6.54 Å². The van der Waals surface area contributed by atoms with Crippen LogP contribution in [0.15, 0.2) is 29.6 Å². The van der Waals surface area contributed by atoms with Gasteiger partial charge in [-0.25, -0.2) is 22.9 Å². The van der Waals surface area contributed by atoms with E-state index in [0.29, 0.717) is 12.8 Å². The molecule has 0 unspecified atom stereocenters. The van der Waals surface area contributed by atoms with Crippen LogP contribution in [0.25, 0.3) is 0 Å². The number of imidazole rings is 1. The van der Waals surface area contributed by atoms with Crippen LogP contribution in [0.5, 0.6) is 0 Å². The smallest absolute Gasteiger partial charge is 0.352 e. The quantitative estimate of drug-likeness (QED) is 0.638. The first-order valence-corrected chi connectivity index (χ1v) is 7.76. The third-order valence-electron chi connectivity index (χ3n) is 2.95. The molecule has 0 saturated heterocycles. The number of rotatable bonds is 7. The number of carbonyl (C=O) groups is 1. The molecule has 2 aromatic heterocycles. The zero-order chi connectivity index (χ0) is 15.5. The predicted molar refractivity (Wildman–Crippen MR) is 74.5 cm³/mol. The van der Waals surface area contributed by atoms with Crippen molar-refractivity contribution < 1.29 is 18.3 Å². The van der Waals surface area contributed by atoms with Crippen LogP contribution in [0, 0.1) is 0 Å². The van der Waals surface area contributed by atoms with Crippen LogP contribution in [0.4, 0.5) is 0 Å². The van der Waals surface area contributed by atoms with Gasteiger partial charge in [-0.2, -0.15) is 0 Å². The van der Waals surface area contributed by atoms with Gasteiger partial charge in [0.25, 0.3) is 0 Å². The third kappa shape index (κ3) is 3.70. The molecule has 2 aromatic rings. The van der Waals surface area contributed by atoms with Gasteiger partial charge in [0.05, 0.1) is 0 Å². The lowest BCUT2D eigenvalue weighted by atomic mass is 10.3. The van der Waals surface area contributed by atoms with Gasteiger partial charge in [-0.15, -0.1) is 0 Å². The Morgan fingerprint density at radius 1 is 1.52 bits per heavy atom. The van der Waals surface area contributed by atoms with E-state index < -0.39 is 16.0 Å². The molecule has 0 aromatic carbocycles. The van der Waals surface area contributed by atoms with Crippen molar-refractivity contribution >= 4 is 16.0 Å². The van der Waals surface area contributed by atoms with E-state index in [9.17, 15) is 13.2 Å². The summed E-state index contributed by atoms with van der Waals surface area (Å²) in [5, 5.41) is 8.92. The van der Waals surface area contributed by atoms with E-state index in [4.69, 9.17) is 5.11 Å². The Balaban J connectivity index is 1.95. The molecule has 2 rings (SSSR count). The lowest BCUT2D eigenvalue weighted by molar-refractivity contribution is 0.0686. The Hall–Kier alpha value is -2.13. The van der Waals surface area contributed by atoms with Crippen LogP contribution >= 0.6 is 0 Å². The highest BCUT2D eigenvalue weighted by molar-refractivity contribution is 7.89. The van der Waals surface area contributed by atoms with Crippen molar-refractivity contribution in [1.82, 2.24) is 19.3 Å². The number of sulfonamides is 1. The number of hydrogen-bond acceptors (Lipinski definition) is 4. The zero-order valence-electron chi connectivity index (χ0n) is 11.4. The summed E-state index contributed by atoms with van der Waals surface area (Å²) in [5.74, 6) is -0.376. The zero-order valence-corrected chi connectivity index (χ0v) is 12.2. The fraction of sp³-hybridized carbons (Fsp3) is 0.333. The molecule has 0 aliphatic carbocycles. The second-order valence-electron chi connectivity index (χ2n) is 4.51. The lowest BCUT2D eigenvalue weighted by Gasteiger charge is -2.04. The Kier molecular flexibility index (Phi) is 4.43. The van der Waals surface area contributed by atoms with E-state index in [1.165, 1.54) is 17.8 Å². The first kappa shape index (κ1) is 15.3. The van der Waals surface area contributed by atoms with E-state index in [2.05, 4.69) is 14.7 Å². The highest BCUT2D eigenvalue weighted by atomic mass is 32.2. The molecule has 0 fully saturated rings. The minimum Gasteiger partial charge on any atom is -0.477 e. The van der Waals surface area contributed by atoms with Gasteiger partial charge in [0.15, 0.2) is 0 Å². The van der Waals surface area contributed by atoms with Crippen LogP contribution in [-0.2, 0) is 23.5 Å². The highest BCUT2D eigenvalue weighted by Gasteiger charge is 2.19. The second kappa shape index (κ2) is 6.10. The van der Waals surface area contributed by atoms with E-state index >= 15 is 0 Å². The average Bonchev–Trinajstić information content (AvgIpc) is 3.04. The van der Waals surface area contributed by atoms with Gasteiger partial charge in [0, 0.05) is 38.6 Å². The van der Waals surface area contributed by atoms with Crippen LogP contribution in [0.2, 0.25) is 0 Å². The molecule has 0 aliphatic rings. The van der Waals surface area contributed by atoms with Gasteiger partial charge in [0.1, 0.15) is 16.4 Å². The average molecular weight is 312 g/mol. The lowest BCUT2D eigenvalue weighted by Crippen LogP contribution is -2.24. The monoisotopic (exact) mass is 312 g/mol. The SMILES string of the molecule is Cn1cc(S(=O)(=O)NCCCc2ncc[nH]2)cc1C(=O)O. The van der Waals surface area contributed by atoms with Gasteiger partial charge in [-0.05, 0) is 12.5 Å². The highest BCUT2D eigenvalue weighted by Crippen LogP contribution is 2.13. The first-order chi connectivity index (χ1) is 9.90. The molecule has 0 atom stereocenters. The van der Waals surface area contributed by atoms with Crippen molar-refractivity contribution in [2.45, 2.75) is 17.7 Å². The number of nitrogens with one attached hydrogen (secondary N) is 2. The summed E-state index contributed by atoms with van der Waals surface area (Å²) < 4.78 is 27.8. The molecule has 0 aliphatic heterocycles. The standard InChI is InChI=1S/C12H16N4O4S/c1-16-8-9(7-10(16)12(17)18)21(19,20)15-4-2-3-11-13-5-6-14-11/h5-8,15H,2-4H2,1H3,(H,13,14)(H,17,18). The van der Waals surface area contributed by atoms with Crippen molar-refractivity contribution in [1.29, 1.82) is 0 Å². The van der Waals surface area contributed by atoms with E-state index in [1.54, 1.807) is 12.4 Å². The molecule has 0 amide bonds. The van der Waals surface area contributed by atoms with Crippen molar-refractivity contribution in [2.24, 2.45) is 7.05 Å². The van der Waals surface area contributed by atoms with E-state index in [0.717, 1.165) is 11.9 Å². The van der Waals surface area contributed by atoms with Crippen molar-refractivity contribution in [3.63, 3.8) is 0 Å². The Bertz CT molecular complexity index is 719. The molecule has 21 heavy (non-hydrogen) atoms. The normalized spacial score (nSPS) is 11.7. The molecular formula is C12H16N4O4S. The number of aromatic nitrogens is 3.